The number of hydrogen-bond donors (Lipinski definition) is 0. The first kappa shape index (κ1) is 15.3. The Bertz CT molecular complexity index is 708. The van der Waals surface area contributed by atoms with Crippen LogP contribution >= 0.6 is 0 Å². The number of alkyl halides is 1. The van der Waals surface area contributed by atoms with Crippen LogP contribution in [0.15, 0.2) is 36.5 Å². The summed E-state index contributed by atoms with van der Waals surface area (Å²) in [5.74, 6) is 1.21. The summed E-state index contributed by atoms with van der Waals surface area (Å²) in [6.45, 7) is 1.18. The second-order valence-corrected chi connectivity index (χ2v) is 5.44. The fourth-order valence-corrected chi connectivity index (χ4v) is 2.68. The summed E-state index contributed by atoms with van der Waals surface area (Å²) in [4.78, 5) is 17.4. The standard InChI is InChI=1S/C17H17FN2O3/c18-13-6-8-20(9-13)17-12(3-2-7-19-17)11-23-16-5-1-4-15(22)14(16)10-21/h1-5,7,10,13,22H,6,8-9,11H2/p+1/t13-/m1/s1. The first-order valence-corrected chi connectivity index (χ1v) is 7.44. The minimum atomic E-state index is -0.826. The highest BCUT2D eigenvalue weighted by Crippen LogP contribution is 2.28. The summed E-state index contributed by atoms with van der Waals surface area (Å²) in [5.41, 5.74) is 1.05. The third-order valence-electron chi connectivity index (χ3n) is 3.86. The number of aromatic nitrogens is 1. The lowest BCUT2D eigenvalue weighted by molar-refractivity contribution is 0.111. The first-order chi connectivity index (χ1) is 11.2. The Morgan fingerprint density at radius 2 is 2.26 bits per heavy atom. The van der Waals surface area contributed by atoms with Crippen molar-refractivity contribution in [2.75, 3.05) is 18.0 Å². The van der Waals surface area contributed by atoms with E-state index in [1.54, 1.807) is 24.4 Å². The van der Waals surface area contributed by atoms with Gasteiger partial charge in [0.2, 0.25) is 0 Å². The highest BCUT2D eigenvalue weighted by Gasteiger charge is 2.24. The molecule has 1 fully saturated rings. The van der Waals surface area contributed by atoms with Crippen LogP contribution in [0.2, 0.25) is 0 Å². The van der Waals surface area contributed by atoms with E-state index in [9.17, 15) is 9.18 Å². The zero-order chi connectivity index (χ0) is 16.2. The smallest absolute Gasteiger partial charge is 0.268 e. The lowest BCUT2D eigenvalue weighted by atomic mass is 10.2. The number of carbonyl (C=O) groups is 1. The number of benzene rings is 1. The predicted molar refractivity (Wildman–Crippen MR) is 85.2 cm³/mol. The van der Waals surface area contributed by atoms with E-state index < -0.39 is 6.17 Å². The van der Waals surface area contributed by atoms with Crippen LogP contribution < -0.4 is 9.64 Å². The molecule has 23 heavy (non-hydrogen) atoms. The van der Waals surface area contributed by atoms with Crippen LogP contribution in [0, 0.1) is 0 Å². The molecule has 0 aliphatic carbocycles. The van der Waals surface area contributed by atoms with Crippen LogP contribution in [0.1, 0.15) is 22.3 Å². The van der Waals surface area contributed by atoms with Gasteiger partial charge in [-0.2, -0.15) is 0 Å². The van der Waals surface area contributed by atoms with Gasteiger partial charge in [0.1, 0.15) is 24.3 Å². The minimum Gasteiger partial charge on any atom is -0.593 e. The third-order valence-corrected chi connectivity index (χ3v) is 3.86. The molecule has 0 unspecified atom stereocenters. The van der Waals surface area contributed by atoms with Gasteiger partial charge in [-0.3, -0.25) is 4.79 Å². The topological polar surface area (TPSA) is 65.3 Å². The molecule has 0 bridgehead atoms. The largest absolute Gasteiger partial charge is 0.593 e. The zero-order valence-electron chi connectivity index (χ0n) is 12.5. The van der Waals surface area contributed by atoms with Gasteiger partial charge >= 0.3 is 0 Å². The van der Waals surface area contributed by atoms with Crippen molar-refractivity contribution in [2.24, 2.45) is 0 Å². The Labute approximate surface area is 133 Å². The molecule has 1 atom stereocenters. The number of pyridine rings is 1. The van der Waals surface area contributed by atoms with Crippen LogP contribution in [0.4, 0.5) is 10.2 Å². The Hall–Kier alpha value is -2.63. The van der Waals surface area contributed by atoms with Crippen molar-refractivity contribution in [1.82, 2.24) is 4.98 Å². The predicted octanol–water partition coefficient (Wildman–Crippen LogP) is 2.46. The molecule has 1 aromatic carbocycles. The molecule has 0 radical (unpaired) electrons. The molecule has 1 aromatic heterocycles. The number of aldehydes is 1. The number of hydrogen-bond acceptors (Lipinski definition) is 4. The van der Waals surface area contributed by atoms with Gasteiger partial charge in [-0.25, -0.2) is 9.37 Å². The second kappa shape index (κ2) is 6.64. The summed E-state index contributed by atoms with van der Waals surface area (Å²) >= 11 is 0. The monoisotopic (exact) mass is 317 g/mol. The van der Waals surface area contributed by atoms with E-state index in [0.29, 0.717) is 37.4 Å². The highest BCUT2D eigenvalue weighted by atomic mass is 19.1. The molecule has 0 saturated carbocycles. The van der Waals surface area contributed by atoms with Crippen LogP contribution in [-0.2, 0) is 6.61 Å². The number of ether oxygens (including phenoxy) is 1. The molecular formula is C17H18FN2O3+. The van der Waals surface area contributed by atoms with E-state index in [-0.39, 0.29) is 17.9 Å². The van der Waals surface area contributed by atoms with Gasteiger partial charge in [-0.05, 0) is 24.6 Å². The summed E-state index contributed by atoms with van der Waals surface area (Å²) in [7, 11) is 0. The average molecular weight is 317 g/mol. The van der Waals surface area contributed by atoms with Gasteiger partial charge in [0.15, 0.2) is 11.8 Å². The second-order valence-electron chi connectivity index (χ2n) is 5.44. The normalized spacial score (nSPS) is 17.3. The summed E-state index contributed by atoms with van der Waals surface area (Å²) < 4.78 is 19.1. The molecule has 0 amide bonds. The summed E-state index contributed by atoms with van der Waals surface area (Å²) in [6.07, 6.45) is 1.97. The van der Waals surface area contributed by atoms with Crippen molar-refractivity contribution in [3.63, 3.8) is 0 Å². The molecule has 2 N–H and O–H groups in total. The van der Waals surface area contributed by atoms with Crippen molar-refractivity contribution in [3.8, 4) is 11.5 Å². The first-order valence-electron chi connectivity index (χ1n) is 7.44. The average Bonchev–Trinajstić information content (AvgIpc) is 2.99. The molecular weight excluding hydrogens is 299 g/mol. The number of halogens is 1. The molecule has 2 aromatic rings. The molecule has 120 valence electrons. The summed E-state index contributed by atoms with van der Waals surface area (Å²) in [6, 6.07) is 8.54. The Kier molecular flexibility index (Phi) is 4.41. The Morgan fingerprint density at radius 3 is 3.00 bits per heavy atom. The molecule has 6 heteroatoms. The Balaban J connectivity index is 1.79. The number of rotatable bonds is 5. The van der Waals surface area contributed by atoms with Gasteiger partial charge in [0.05, 0.1) is 6.54 Å². The highest BCUT2D eigenvalue weighted by molar-refractivity contribution is 5.83. The lowest BCUT2D eigenvalue weighted by Gasteiger charge is -2.20. The van der Waals surface area contributed by atoms with Crippen molar-refractivity contribution >= 4 is 12.1 Å². The number of nitrogens with zero attached hydrogens (tertiary/aromatic N) is 2. The molecule has 2 heterocycles. The molecule has 1 aliphatic rings. The van der Waals surface area contributed by atoms with Gasteiger partial charge in [0.25, 0.3) is 5.75 Å². The van der Waals surface area contributed by atoms with Crippen molar-refractivity contribution < 1.29 is 19.0 Å². The molecule has 5 nitrogen and oxygen atoms in total. The number of anilines is 1. The van der Waals surface area contributed by atoms with Crippen molar-refractivity contribution in [2.45, 2.75) is 19.2 Å². The maximum atomic E-state index is 13.4. The van der Waals surface area contributed by atoms with Crippen LogP contribution in [0.3, 0.4) is 0 Å². The summed E-state index contributed by atoms with van der Waals surface area (Å²) in [5, 5.41) is 7.72. The van der Waals surface area contributed by atoms with Gasteiger partial charge in [-0.15, -0.1) is 0 Å². The fourth-order valence-electron chi connectivity index (χ4n) is 2.68. The van der Waals surface area contributed by atoms with E-state index in [1.807, 2.05) is 11.0 Å². The zero-order valence-corrected chi connectivity index (χ0v) is 12.5. The van der Waals surface area contributed by atoms with E-state index in [4.69, 9.17) is 9.84 Å². The lowest BCUT2D eigenvalue weighted by Crippen LogP contribution is -2.23. The maximum Gasteiger partial charge on any atom is 0.268 e. The minimum absolute atomic E-state index is 0.128. The van der Waals surface area contributed by atoms with Crippen molar-refractivity contribution in [3.05, 3.63) is 47.7 Å². The fraction of sp³-hybridized carbons (Fsp3) is 0.294. The van der Waals surface area contributed by atoms with E-state index in [1.165, 1.54) is 6.07 Å². The number of carbonyl (C=O) groups excluding carboxylic acids is 1. The van der Waals surface area contributed by atoms with Gasteiger partial charge in [0, 0.05) is 24.4 Å². The van der Waals surface area contributed by atoms with E-state index in [2.05, 4.69) is 4.98 Å². The third kappa shape index (κ3) is 3.26. The molecule has 3 rings (SSSR count). The van der Waals surface area contributed by atoms with Crippen LogP contribution in [-0.4, -0.2) is 35.6 Å². The molecule has 1 saturated heterocycles. The SMILES string of the molecule is O=Cc1c([OH2+])cccc1OCc1cccnc1N1CC[C@@H](F)C1. The molecule has 0 spiro atoms. The Morgan fingerprint density at radius 1 is 1.39 bits per heavy atom. The van der Waals surface area contributed by atoms with Crippen LogP contribution in [0.5, 0.6) is 11.5 Å². The van der Waals surface area contributed by atoms with E-state index >= 15 is 0 Å². The van der Waals surface area contributed by atoms with Gasteiger partial charge in [-0.1, -0.05) is 6.07 Å². The molecule has 1 aliphatic heterocycles. The van der Waals surface area contributed by atoms with Gasteiger partial charge < -0.3 is 14.7 Å². The van der Waals surface area contributed by atoms with E-state index in [0.717, 1.165) is 5.56 Å². The van der Waals surface area contributed by atoms with Crippen molar-refractivity contribution in [1.29, 1.82) is 0 Å². The quantitative estimate of drug-likeness (QED) is 0.627. The maximum absolute atomic E-state index is 13.4. The van der Waals surface area contributed by atoms with Crippen LogP contribution in [0.25, 0.3) is 0 Å².